The number of piperidine rings is 1. The molecule has 1 spiro atoms. The van der Waals surface area contributed by atoms with Gasteiger partial charge in [-0.15, -0.1) is 6.58 Å². The number of likely N-dealkylation sites (N-methyl/N-ethyl adjacent to an activating group) is 1. The number of aromatic hydroxyl groups is 1. The highest BCUT2D eigenvalue weighted by Crippen LogP contribution is 2.64. The molecular weight excluding hydrogens is 493 g/mol. The molecular formula is C30H29F3N2O3. The number of halogens is 3. The minimum absolute atomic E-state index is 0.132. The van der Waals surface area contributed by atoms with Crippen LogP contribution in [0.25, 0.3) is 0 Å². The third kappa shape index (κ3) is 3.63. The fourth-order valence-electron chi connectivity index (χ4n) is 7.49. The molecule has 38 heavy (non-hydrogen) atoms. The molecule has 2 aliphatic heterocycles. The lowest BCUT2D eigenvalue weighted by atomic mass is 9.51. The van der Waals surface area contributed by atoms with E-state index in [9.17, 15) is 23.1 Å². The number of hydrogen-bond acceptors (Lipinski definition) is 4. The SMILES string of the molecule is C=CCN1CC[C@]23c4c5ccc(O)c4O[C@H]2[C@H](N(C)C(=O)C#Cc2ccc(C(F)(F)F)cc2)CC[C@H]3[C@H]1C5. The van der Waals surface area contributed by atoms with Gasteiger partial charge in [0.15, 0.2) is 11.5 Å². The first-order valence-electron chi connectivity index (χ1n) is 13.0. The number of ether oxygens (including phenoxy) is 1. The van der Waals surface area contributed by atoms with Crippen molar-refractivity contribution in [1.82, 2.24) is 9.80 Å². The van der Waals surface area contributed by atoms with E-state index in [0.717, 1.165) is 56.5 Å². The molecule has 1 N–H and O–H groups in total. The van der Waals surface area contributed by atoms with E-state index in [2.05, 4.69) is 23.3 Å². The van der Waals surface area contributed by atoms with E-state index in [0.29, 0.717) is 23.3 Å². The summed E-state index contributed by atoms with van der Waals surface area (Å²) in [7, 11) is 1.71. The number of phenols is 1. The first kappa shape index (κ1) is 24.9. The summed E-state index contributed by atoms with van der Waals surface area (Å²) in [6.45, 7) is 5.66. The van der Waals surface area contributed by atoms with Gasteiger partial charge in [-0.3, -0.25) is 9.69 Å². The number of carbonyl (C=O) groups excluding carboxylic acids is 1. The number of carbonyl (C=O) groups is 1. The summed E-state index contributed by atoms with van der Waals surface area (Å²) in [5.41, 5.74) is 1.61. The standard InChI is InChI=1S/C30H29F3N2O3/c1-3-15-35-16-14-29-21-10-11-22(28(29)38-27-24(36)12-7-19(26(27)29)17-23(21)35)34(2)25(37)13-6-18-4-8-20(9-5-18)30(31,32)33/h3-5,7-9,12,21-23,28,36H,1,10-11,14-17H2,2H3/t21-,22+,23+,28-,29-/m0/s1. The molecule has 1 amide bonds. The Morgan fingerprint density at radius 1 is 1.26 bits per heavy atom. The van der Waals surface area contributed by atoms with Gasteiger partial charge in [-0.05, 0) is 74.0 Å². The van der Waals surface area contributed by atoms with Crippen LogP contribution in [0.5, 0.6) is 11.5 Å². The van der Waals surface area contributed by atoms with Crippen LogP contribution in [-0.4, -0.2) is 59.1 Å². The summed E-state index contributed by atoms with van der Waals surface area (Å²) in [6, 6.07) is 8.28. The molecule has 5 atom stereocenters. The molecule has 2 aromatic carbocycles. The number of phenolic OH excluding ortho intramolecular Hbond substituents is 1. The first-order valence-corrected chi connectivity index (χ1v) is 13.0. The summed E-state index contributed by atoms with van der Waals surface area (Å²) in [4.78, 5) is 17.3. The molecule has 8 heteroatoms. The highest BCUT2D eigenvalue weighted by molar-refractivity contribution is 5.94. The number of hydrogen-bond donors (Lipinski definition) is 1. The van der Waals surface area contributed by atoms with E-state index >= 15 is 0 Å². The van der Waals surface area contributed by atoms with E-state index < -0.39 is 17.6 Å². The lowest BCUT2D eigenvalue weighted by Crippen LogP contribution is -2.68. The van der Waals surface area contributed by atoms with Crippen LogP contribution in [0.3, 0.4) is 0 Å². The Kier molecular flexibility index (Phi) is 5.76. The zero-order valence-corrected chi connectivity index (χ0v) is 21.1. The molecule has 1 saturated heterocycles. The number of likely N-dealkylation sites (tertiary alicyclic amines) is 1. The average Bonchev–Trinajstić information content (AvgIpc) is 3.25. The van der Waals surface area contributed by atoms with Crippen molar-refractivity contribution >= 4 is 5.91 Å². The molecule has 5 nitrogen and oxygen atoms in total. The van der Waals surface area contributed by atoms with Gasteiger partial charge in [0.1, 0.15) is 6.10 Å². The minimum atomic E-state index is -4.42. The normalized spacial score (nSPS) is 28.9. The van der Waals surface area contributed by atoms with Gasteiger partial charge in [0.25, 0.3) is 5.91 Å². The molecule has 2 heterocycles. The Bertz CT molecular complexity index is 1360. The second-order valence-corrected chi connectivity index (χ2v) is 10.8. The van der Waals surface area contributed by atoms with Gasteiger partial charge in [-0.2, -0.15) is 13.2 Å². The highest BCUT2D eigenvalue weighted by Gasteiger charge is 2.66. The van der Waals surface area contributed by atoms with Crippen molar-refractivity contribution in [2.24, 2.45) is 5.92 Å². The second kappa shape index (κ2) is 8.81. The van der Waals surface area contributed by atoms with Crippen molar-refractivity contribution in [3.63, 3.8) is 0 Å². The zero-order valence-electron chi connectivity index (χ0n) is 21.1. The van der Waals surface area contributed by atoms with Gasteiger partial charge < -0.3 is 14.7 Å². The summed E-state index contributed by atoms with van der Waals surface area (Å²) in [5.74, 6) is 5.94. The smallest absolute Gasteiger partial charge is 0.416 e. The summed E-state index contributed by atoms with van der Waals surface area (Å²) < 4.78 is 45.1. The molecule has 1 saturated carbocycles. The number of benzene rings is 2. The van der Waals surface area contributed by atoms with Gasteiger partial charge in [-0.25, -0.2) is 0 Å². The van der Waals surface area contributed by atoms with Crippen LogP contribution in [0, 0.1) is 17.8 Å². The average molecular weight is 523 g/mol. The van der Waals surface area contributed by atoms with Crippen LogP contribution >= 0.6 is 0 Å². The van der Waals surface area contributed by atoms with E-state index in [1.807, 2.05) is 12.1 Å². The number of amides is 1. The maximum Gasteiger partial charge on any atom is 0.416 e. The fraction of sp³-hybridized carbons (Fsp3) is 0.433. The topological polar surface area (TPSA) is 53.0 Å². The molecule has 0 unspecified atom stereocenters. The number of nitrogens with zero attached hydrogens (tertiary/aromatic N) is 2. The Hall–Kier alpha value is -3.44. The summed E-state index contributed by atoms with van der Waals surface area (Å²) in [6.07, 6.45) is 0.645. The molecule has 2 bridgehead atoms. The van der Waals surface area contributed by atoms with Gasteiger partial charge in [0.2, 0.25) is 0 Å². The van der Waals surface area contributed by atoms with Crippen LogP contribution in [0.2, 0.25) is 0 Å². The number of rotatable bonds is 3. The van der Waals surface area contributed by atoms with Gasteiger partial charge >= 0.3 is 6.18 Å². The fourth-order valence-corrected chi connectivity index (χ4v) is 7.49. The minimum Gasteiger partial charge on any atom is -0.504 e. The molecule has 6 rings (SSSR count). The highest BCUT2D eigenvalue weighted by atomic mass is 19.4. The van der Waals surface area contributed by atoms with Crippen molar-refractivity contribution in [2.45, 2.75) is 55.5 Å². The van der Waals surface area contributed by atoms with Crippen molar-refractivity contribution in [2.75, 3.05) is 20.1 Å². The van der Waals surface area contributed by atoms with Crippen molar-refractivity contribution in [1.29, 1.82) is 0 Å². The van der Waals surface area contributed by atoms with Crippen molar-refractivity contribution in [3.05, 3.63) is 71.3 Å². The van der Waals surface area contributed by atoms with Gasteiger partial charge in [0.05, 0.1) is 11.6 Å². The van der Waals surface area contributed by atoms with Crippen LogP contribution in [0.4, 0.5) is 13.2 Å². The Morgan fingerprint density at radius 2 is 2.03 bits per heavy atom. The quantitative estimate of drug-likeness (QED) is 0.476. The molecule has 2 fully saturated rings. The maximum absolute atomic E-state index is 13.2. The molecule has 4 aliphatic rings. The summed E-state index contributed by atoms with van der Waals surface area (Å²) in [5, 5.41) is 10.7. The number of alkyl halides is 3. The monoisotopic (exact) mass is 522 g/mol. The predicted octanol–water partition coefficient (Wildman–Crippen LogP) is 4.51. The van der Waals surface area contributed by atoms with Crippen LogP contribution in [0.1, 0.15) is 41.5 Å². The molecule has 2 aliphatic carbocycles. The van der Waals surface area contributed by atoms with Crippen LogP contribution < -0.4 is 4.74 Å². The Morgan fingerprint density at radius 3 is 2.74 bits per heavy atom. The molecule has 0 aromatic heterocycles. The maximum atomic E-state index is 13.2. The van der Waals surface area contributed by atoms with Crippen molar-refractivity contribution in [3.8, 4) is 23.3 Å². The van der Waals surface area contributed by atoms with E-state index in [-0.39, 0.29) is 23.3 Å². The molecule has 0 radical (unpaired) electrons. The van der Waals surface area contributed by atoms with Crippen LogP contribution in [0.15, 0.2) is 49.1 Å². The largest absolute Gasteiger partial charge is 0.504 e. The zero-order chi connectivity index (χ0) is 26.8. The molecule has 198 valence electrons. The summed E-state index contributed by atoms with van der Waals surface area (Å²) >= 11 is 0. The van der Waals surface area contributed by atoms with Crippen LogP contribution in [-0.2, 0) is 22.8 Å². The van der Waals surface area contributed by atoms with Crippen molar-refractivity contribution < 1.29 is 27.8 Å². The van der Waals surface area contributed by atoms with E-state index in [1.165, 1.54) is 17.7 Å². The van der Waals surface area contributed by atoms with Gasteiger partial charge in [-0.1, -0.05) is 18.1 Å². The van der Waals surface area contributed by atoms with Gasteiger partial charge in [0, 0.05) is 42.1 Å². The lowest BCUT2D eigenvalue weighted by molar-refractivity contribution is -0.137. The third-order valence-corrected chi connectivity index (χ3v) is 9.11. The molecule has 2 aromatic rings. The first-order chi connectivity index (χ1) is 18.1. The van der Waals surface area contributed by atoms with E-state index in [4.69, 9.17) is 4.74 Å². The Balaban J connectivity index is 1.30. The second-order valence-electron chi connectivity index (χ2n) is 10.8. The Labute approximate surface area is 219 Å². The lowest BCUT2D eigenvalue weighted by Gasteiger charge is -2.60. The third-order valence-electron chi connectivity index (χ3n) is 9.11. The van der Waals surface area contributed by atoms with E-state index in [1.54, 1.807) is 18.0 Å². The predicted molar refractivity (Wildman–Crippen MR) is 136 cm³/mol.